The van der Waals surface area contributed by atoms with Gasteiger partial charge >= 0.3 is 6.16 Å². The van der Waals surface area contributed by atoms with E-state index in [-0.39, 0.29) is 28.1 Å². The van der Waals surface area contributed by atoms with Crippen molar-refractivity contribution >= 4 is 28.1 Å². The minimum atomic E-state index is -1.60. The number of nitrogens with zero attached hydrogens (tertiary/aromatic N) is 2. The third-order valence-corrected chi connectivity index (χ3v) is 3.94. The van der Waals surface area contributed by atoms with E-state index in [2.05, 4.69) is 9.72 Å². The van der Waals surface area contributed by atoms with Crippen LogP contribution < -0.4 is 10.2 Å². The van der Waals surface area contributed by atoms with Gasteiger partial charge in [0.25, 0.3) is 0 Å². The number of fused-ring (bicyclic) bond motifs is 2. The zero-order chi connectivity index (χ0) is 17.0. The van der Waals surface area contributed by atoms with Gasteiger partial charge in [-0.25, -0.2) is 18.6 Å². The highest BCUT2D eigenvalue weighted by molar-refractivity contribution is 5.92. The smallest absolute Gasteiger partial charge is 0.449 e. The Kier molecular flexibility index (Phi) is 3.02. The summed E-state index contributed by atoms with van der Waals surface area (Å²) in [6, 6.07) is 3.35. The van der Waals surface area contributed by atoms with Crippen LogP contribution in [0.2, 0.25) is 0 Å². The average Bonchev–Trinajstić information content (AvgIpc) is 3.34. The topological polar surface area (TPSA) is 81.4 Å². The van der Waals surface area contributed by atoms with E-state index >= 15 is 0 Å². The van der Waals surface area contributed by atoms with Gasteiger partial charge in [0.2, 0.25) is 5.43 Å². The second-order valence-electron chi connectivity index (χ2n) is 5.65. The maximum atomic E-state index is 13.4. The monoisotopic (exact) mass is 332 g/mol. The van der Waals surface area contributed by atoms with Crippen LogP contribution in [0.25, 0.3) is 21.9 Å². The minimum absolute atomic E-state index is 0.0690. The Hall–Kier alpha value is -3.03. The first kappa shape index (κ1) is 14.6. The molecule has 1 fully saturated rings. The van der Waals surface area contributed by atoms with Crippen LogP contribution in [-0.2, 0) is 0 Å². The van der Waals surface area contributed by atoms with E-state index in [0.717, 1.165) is 25.0 Å². The number of ether oxygens (including phenoxy) is 1. The Morgan fingerprint density at radius 3 is 2.62 bits per heavy atom. The second-order valence-corrected chi connectivity index (χ2v) is 5.65. The summed E-state index contributed by atoms with van der Waals surface area (Å²) < 4.78 is 33.1. The van der Waals surface area contributed by atoms with E-state index in [1.54, 1.807) is 4.57 Å². The van der Waals surface area contributed by atoms with Crippen molar-refractivity contribution in [2.24, 2.45) is 0 Å². The van der Waals surface area contributed by atoms with E-state index in [4.69, 9.17) is 5.11 Å². The number of benzene rings is 1. The number of carbonyl (C=O) groups is 1. The normalized spacial score (nSPS) is 14.2. The molecule has 8 heteroatoms. The van der Waals surface area contributed by atoms with Gasteiger partial charge in [0.1, 0.15) is 5.65 Å². The quantitative estimate of drug-likeness (QED) is 0.575. The molecule has 0 bridgehead atoms. The van der Waals surface area contributed by atoms with Crippen LogP contribution in [0.3, 0.4) is 0 Å². The number of aromatic nitrogens is 2. The van der Waals surface area contributed by atoms with Crippen LogP contribution in [0.1, 0.15) is 18.9 Å². The van der Waals surface area contributed by atoms with Gasteiger partial charge in [0.15, 0.2) is 17.4 Å². The lowest BCUT2D eigenvalue weighted by Crippen LogP contribution is -2.16. The third kappa shape index (κ3) is 2.27. The van der Waals surface area contributed by atoms with E-state index < -0.39 is 23.2 Å². The lowest BCUT2D eigenvalue weighted by molar-refractivity contribution is 0.143. The number of carboxylic acid groups (broad SMARTS) is 1. The fraction of sp³-hybridized carbons (Fsp3) is 0.188. The molecule has 0 spiro atoms. The van der Waals surface area contributed by atoms with Gasteiger partial charge < -0.3 is 14.4 Å². The molecule has 0 unspecified atom stereocenters. The van der Waals surface area contributed by atoms with E-state index in [1.165, 1.54) is 12.3 Å². The molecule has 1 aliphatic rings. The summed E-state index contributed by atoms with van der Waals surface area (Å²) in [5.74, 6) is -2.42. The molecular weight excluding hydrogens is 322 g/mol. The first-order valence-corrected chi connectivity index (χ1v) is 7.19. The molecule has 122 valence electrons. The van der Waals surface area contributed by atoms with Crippen molar-refractivity contribution in [1.29, 1.82) is 0 Å². The zero-order valence-electron chi connectivity index (χ0n) is 12.1. The summed E-state index contributed by atoms with van der Waals surface area (Å²) in [6.45, 7) is 0. The van der Waals surface area contributed by atoms with Crippen LogP contribution in [-0.4, -0.2) is 20.8 Å². The molecule has 24 heavy (non-hydrogen) atoms. The maximum Gasteiger partial charge on any atom is 0.511 e. The molecular formula is C16H10F2N2O4. The Bertz CT molecular complexity index is 1070. The van der Waals surface area contributed by atoms with Crippen LogP contribution in [0.5, 0.6) is 5.75 Å². The molecule has 1 aromatic carbocycles. The Balaban J connectivity index is 2.09. The molecule has 0 radical (unpaired) electrons. The summed E-state index contributed by atoms with van der Waals surface area (Å²) >= 11 is 0. The first-order valence-electron chi connectivity index (χ1n) is 7.19. The van der Waals surface area contributed by atoms with Gasteiger partial charge in [-0.1, -0.05) is 0 Å². The summed E-state index contributed by atoms with van der Waals surface area (Å²) in [6.07, 6.45) is 1.40. The maximum absolute atomic E-state index is 13.4. The Morgan fingerprint density at radius 2 is 1.96 bits per heavy atom. The third-order valence-electron chi connectivity index (χ3n) is 3.94. The van der Waals surface area contributed by atoms with E-state index in [0.29, 0.717) is 5.65 Å². The number of rotatable bonds is 2. The van der Waals surface area contributed by atoms with Crippen molar-refractivity contribution < 1.29 is 23.4 Å². The molecule has 3 aromatic rings. The summed E-state index contributed by atoms with van der Waals surface area (Å²) in [4.78, 5) is 27.5. The number of pyridine rings is 2. The zero-order valence-corrected chi connectivity index (χ0v) is 12.1. The molecule has 0 aliphatic heterocycles. The highest BCUT2D eigenvalue weighted by Gasteiger charge is 2.27. The van der Waals surface area contributed by atoms with Crippen LogP contribution >= 0.6 is 0 Å². The van der Waals surface area contributed by atoms with Gasteiger partial charge in [-0.15, -0.1) is 0 Å². The SMILES string of the molecule is O=C(O)Oc1cn(C2CC2)c2nc3cc(F)c(F)cc3cc2c1=O. The lowest BCUT2D eigenvalue weighted by Gasteiger charge is -2.12. The van der Waals surface area contributed by atoms with Gasteiger partial charge in [-0.2, -0.15) is 0 Å². The molecule has 0 atom stereocenters. The van der Waals surface area contributed by atoms with Crippen molar-refractivity contribution in [3.63, 3.8) is 0 Å². The minimum Gasteiger partial charge on any atom is -0.449 e. The number of hydrogen-bond donors (Lipinski definition) is 1. The van der Waals surface area contributed by atoms with Crippen LogP contribution in [0.4, 0.5) is 13.6 Å². The molecule has 1 aliphatic carbocycles. The fourth-order valence-electron chi connectivity index (χ4n) is 2.70. The largest absolute Gasteiger partial charge is 0.511 e. The van der Waals surface area contributed by atoms with Crippen LogP contribution in [0.15, 0.2) is 29.2 Å². The Labute approximate surface area is 132 Å². The molecule has 1 saturated carbocycles. The molecule has 4 rings (SSSR count). The predicted octanol–water partition coefficient (Wildman–Crippen LogP) is 3.22. The van der Waals surface area contributed by atoms with E-state index in [1.807, 2.05) is 0 Å². The van der Waals surface area contributed by atoms with Gasteiger partial charge in [-0.3, -0.25) is 4.79 Å². The molecule has 2 aromatic heterocycles. The molecule has 6 nitrogen and oxygen atoms in total. The summed E-state index contributed by atoms with van der Waals surface area (Å²) in [7, 11) is 0. The first-order chi connectivity index (χ1) is 11.4. The number of hydrogen-bond acceptors (Lipinski definition) is 4. The highest BCUT2D eigenvalue weighted by atomic mass is 19.2. The second kappa shape index (κ2) is 4.98. The lowest BCUT2D eigenvalue weighted by atomic mass is 10.1. The van der Waals surface area contributed by atoms with Crippen molar-refractivity contribution in [2.45, 2.75) is 18.9 Å². The molecule has 2 heterocycles. The molecule has 1 N–H and O–H groups in total. The average molecular weight is 332 g/mol. The highest BCUT2D eigenvalue weighted by Crippen LogP contribution is 2.37. The Morgan fingerprint density at radius 1 is 1.25 bits per heavy atom. The van der Waals surface area contributed by atoms with Crippen LogP contribution in [0, 0.1) is 11.6 Å². The molecule has 0 saturated heterocycles. The van der Waals surface area contributed by atoms with Gasteiger partial charge in [0, 0.05) is 17.5 Å². The van der Waals surface area contributed by atoms with Gasteiger partial charge in [-0.05, 0) is 25.0 Å². The summed E-state index contributed by atoms with van der Waals surface area (Å²) in [5, 5.41) is 9.11. The fourth-order valence-corrected chi connectivity index (χ4v) is 2.70. The van der Waals surface area contributed by atoms with Crippen molar-refractivity contribution in [3.05, 3.63) is 46.3 Å². The van der Waals surface area contributed by atoms with E-state index in [9.17, 15) is 18.4 Å². The van der Waals surface area contributed by atoms with Crippen molar-refractivity contribution in [2.75, 3.05) is 0 Å². The van der Waals surface area contributed by atoms with Crippen molar-refractivity contribution in [1.82, 2.24) is 9.55 Å². The number of halogens is 2. The standard InChI is InChI=1S/C16H10F2N2O4/c17-10-4-7-3-9-14(21)13(24-16(22)23)6-20(8-1-2-8)15(9)19-12(7)5-11(10)18/h3-6,8H,1-2H2,(H,22,23). The molecule has 0 amide bonds. The van der Waals surface area contributed by atoms with Gasteiger partial charge in [0.05, 0.1) is 17.1 Å². The van der Waals surface area contributed by atoms with Crippen molar-refractivity contribution in [3.8, 4) is 5.75 Å². The summed E-state index contributed by atoms with van der Waals surface area (Å²) in [5.41, 5.74) is -0.163. The predicted molar refractivity (Wildman–Crippen MR) is 80.3 cm³/mol.